The van der Waals surface area contributed by atoms with Crippen molar-refractivity contribution >= 4 is 6.03 Å². The van der Waals surface area contributed by atoms with Gasteiger partial charge in [-0.2, -0.15) is 13.2 Å². The van der Waals surface area contributed by atoms with Crippen molar-refractivity contribution in [2.45, 2.75) is 32.6 Å². The quantitative estimate of drug-likeness (QED) is 0.773. The smallest absolute Gasteiger partial charge is 0.331 e. The van der Waals surface area contributed by atoms with Crippen LogP contribution < -0.4 is 5.32 Å². The normalized spacial score (nSPS) is 12.7. The number of nitrogens with zero attached hydrogens (tertiary/aromatic N) is 1. The SMILES string of the molecule is CC(C)C(NC(=O)N(C)Cc1ccc(C(F)(F)F)cc1)c1ccccc1. The summed E-state index contributed by atoms with van der Waals surface area (Å²) in [6.07, 6.45) is -4.36. The lowest BCUT2D eigenvalue weighted by Gasteiger charge is -2.26. The van der Waals surface area contributed by atoms with Gasteiger partial charge in [0.2, 0.25) is 0 Å². The van der Waals surface area contributed by atoms with Crippen molar-refractivity contribution in [1.29, 1.82) is 0 Å². The Kier molecular flexibility index (Phi) is 6.29. The van der Waals surface area contributed by atoms with Crippen LogP contribution in [0, 0.1) is 5.92 Å². The van der Waals surface area contributed by atoms with Gasteiger partial charge in [-0.25, -0.2) is 4.79 Å². The third-order valence-corrected chi connectivity index (χ3v) is 4.15. The molecule has 0 spiro atoms. The number of alkyl halides is 3. The van der Waals surface area contributed by atoms with Crippen LogP contribution in [-0.2, 0) is 12.7 Å². The first-order valence-electron chi connectivity index (χ1n) is 8.41. The van der Waals surface area contributed by atoms with E-state index in [1.165, 1.54) is 17.0 Å². The summed E-state index contributed by atoms with van der Waals surface area (Å²) in [6.45, 7) is 4.27. The van der Waals surface area contributed by atoms with Crippen LogP contribution in [0.25, 0.3) is 0 Å². The number of urea groups is 1. The number of hydrogen-bond donors (Lipinski definition) is 1. The molecule has 0 saturated carbocycles. The fraction of sp³-hybridized carbons (Fsp3) is 0.350. The minimum atomic E-state index is -4.36. The zero-order valence-electron chi connectivity index (χ0n) is 15.0. The Hall–Kier alpha value is -2.50. The highest BCUT2D eigenvalue weighted by Crippen LogP contribution is 2.29. The van der Waals surface area contributed by atoms with Crippen LogP contribution in [0.1, 0.15) is 36.6 Å². The fourth-order valence-electron chi connectivity index (χ4n) is 2.68. The summed E-state index contributed by atoms with van der Waals surface area (Å²) in [5.74, 6) is 0.195. The number of carbonyl (C=O) groups excluding carboxylic acids is 1. The van der Waals surface area contributed by atoms with Crippen LogP contribution in [0.15, 0.2) is 54.6 Å². The molecule has 0 aliphatic rings. The van der Waals surface area contributed by atoms with E-state index in [2.05, 4.69) is 5.32 Å². The average Bonchev–Trinajstić information content (AvgIpc) is 2.59. The molecule has 2 aromatic rings. The average molecular weight is 364 g/mol. The molecule has 140 valence electrons. The maximum absolute atomic E-state index is 12.6. The van der Waals surface area contributed by atoms with E-state index < -0.39 is 11.7 Å². The van der Waals surface area contributed by atoms with Gasteiger partial charge in [-0.1, -0.05) is 56.3 Å². The van der Waals surface area contributed by atoms with Crippen LogP contribution in [-0.4, -0.2) is 18.0 Å². The standard InChI is InChI=1S/C20H23F3N2O/c1-14(2)18(16-7-5-4-6-8-16)24-19(26)25(3)13-15-9-11-17(12-10-15)20(21,22)23/h4-12,14,18H,13H2,1-3H3,(H,24,26). The summed E-state index contributed by atoms with van der Waals surface area (Å²) in [7, 11) is 1.62. The van der Waals surface area contributed by atoms with E-state index in [-0.39, 0.29) is 24.5 Å². The number of nitrogens with one attached hydrogen (secondary N) is 1. The predicted octanol–water partition coefficient (Wildman–Crippen LogP) is 5.24. The van der Waals surface area contributed by atoms with Crippen LogP contribution in [0.3, 0.4) is 0 Å². The second-order valence-corrected chi connectivity index (χ2v) is 6.63. The first-order valence-corrected chi connectivity index (χ1v) is 8.41. The Morgan fingerprint density at radius 1 is 1.04 bits per heavy atom. The van der Waals surface area contributed by atoms with E-state index in [1.54, 1.807) is 7.05 Å². The molecule has 1 atom stereocenters. The van der Waals surface area contributed by atoms with Gasteiger partial charge in [-0.3, -0.25) is 0 Å². The lowest BCUT2D eigenvalue weighted by molar-refractivity contribution is -0.137. The number of rotatable bonds is 5. The summed E-state index contributed by atoms with van der Waals surface area (Å²) in [4.78, 5) is 14.0. The van der Waals surface area contributed by atoms with Crippen molar-refractivity contribution in [2.75, 3.05) is 7.05 Å². The summed E-state index contributed by atoms with van der Waals surface area (Å²) in [6, 6.07) is 14.1. The Bertz CT molecular complexity index is 712. The van der Waals surface area contributed by atoms with Gasteiger partial charge in [-0.15, -0.1) is 0 Å². The van der Waals surface area contributed by atoms with E-state index in [0.717, 1.165) is 17.7 Å². The molecule has 6 heteroatoms. The fourth-order valence-corrected chi connectivity index (χ4v) is 2.68. The van der Waals surface area contributed by atoms with Crippen LogP contribution in [0.2, 0.25) is 0 Å². The minimum Gasteiger partial charge on any atom is -0.331 e. The van der Waals surface area contributed by atoms with Gasteiger partial charge in [0, 0.05) is 13.6 Å². The molecular formula is C20H23F3N2O. The molecule has 0 heterocycles. The van der Waals surface area contributed by atoms with Gasteiger partial charge in [-0.05, 0) is 29.2 Å². The minimum absolute atomic E-state index is 0.140. The molecule has 0 bridgehead atoms. The molecule has 1 unspecified atom stereocenters. The van der Waals surface area contributed by atoms with E-state index in [0.29, 0.717) is 5.56 Å². The van der Waals surface area contributed by atoms with E-state index in [9.17, 15) is 18.0 Å². The molecule has 2 rings (SSSR count). The summed E-state index contributed by atoms with van der Waals surface area (Å²) >= 11 is 0. The third-order valence-electron chi connectivity index (χ3n) is 4.15. The highest BCUT2D eigenvalue weighted by Gasteiger charge is 2.30. The number of halogens is 3. The zero-order valence-corrected chi connectivity index (χ0v) is 15.0. The van der Waals surface area contributed by atoms with E-state index >= 15 is 0 Å². The predicted molar refractivity (Wildman–Crippen MR) is 95.5 cm³/mol. The Balaban J connectivity index is 2.02. The molecule has 26 heavy (non-hydrogen) atoms. The molecule has 2 amide bonds. The maximum atomic E-state index is 12.6. The molecule has 0 saturated heterocycles. The van der Waals surface area contributed by atoms with E-state index in [4.69, 9.17) is 0 Å². The molecule has 0 aromatic heterocycles. The number of carbonyl (C=O) groups is 1. The second-order valence-electron chi connectivity index (χ2n) is 6.63. The first kappa shape index (κ1) is 19.8. The van der Waals surface area contributed by atoms with Gasteiger partial charge in [0.15, 0.2) is 0 Å². The summed E-state index contributed by atoms with van der Waals surface area (Å²) in [5.41, 5.74) is 0.951. The van der Waals surface area contributed by atoms with Crippen molar-refractivity contribution in [3.05, 3.63) is 71.3 Å². The summed E-state index contributed by atoms with van der Waals surface area (Å²) < 4.78 is 37.8. The maximum Gasteiger partial charge on any atom is 0.416 e. The summed E-state index contributed by atoms with van der Waals surface area (Å²) in [5, 5.41) is 3.00. The molecule has 0 aliphatic heterocycles. The molecule has 0 aliphatic carbocycles. The molecule has 2 aromatic carbocycles. The van der Waals surface area contributed by atoms with Crippen molar-refractivity contribution in [1.82, 2.24) is 10.2 Å². The Morgan fingerprint density at radius 3 is 2.12 bits per heavy atom. The second kappa shape index (κ2) is 8.25. The molecule has 1 N–H and O–H groups in total. The molecule has 0 fully saturated rings. The first-order chi connectivity index (χ1) is 12.2. The number of benzene rings is 2. The lowest BCUT2D eigenvalue weighted by atomic mass is 9.96. The zero-order chi connectivity index (χ0) is 19.3. The van der Waals surface area contributed by atoms with Gasteiger partial charge in [0.05, 0.1) is 11.6 Å². The largest absolute Gasteiger partial charge is 0.416 e. The van der Waals surface area contributed by atoms with Crippen molar-refractivity contribution < 1.29 is 18.0 Å². The highest BCUT2D eigenvalue weighted by atomic mass is 19.4. The van der Waals surface area contributed by atoms with Crippen molar-refractivity contribution in [2.24, 2.45) is 5.92 Å². The molecule has 0 radical (unpaired) electrons. The molecular weight excluding hydrogens is 341 g/mol. The van der Waals surface area contributed by atoms with Gasteiger partial charge in [0.25, 0.3) is 0 Å². The van der Waals surface area contributed by atoms with Crippen LogP contribution in [0.5, 0.6) is 0 Å². The third kappa shape index (κ3) is 5.25. The topological polar surface area (TPSA) is 32.3 Å². The van der Waals surface area contributed by atoms with Gasteiger partial charge >= 0.3 is 12.2 Å². The number of hydrogen-bond acceptors (Lipinski definition) is 1. The highest BCUT2D eigenvalue weighted by molar-refractivity contribution is 5.74. The van der Waals surface area contributed by atoms with Crippen LogP contribution >= 0.6 is 0 Å². The Morgan fingerprint density at radius 2 is 1.62 bits per heavy atom. The molecule has 3 nitrogen and oxygen atoms in total. The monoisotopic (exact) mass is 364 g/mol. The van der Waals surface area contributed by atoms with Crippen molar-refractivity contribution in [3.8, 4) is 0 Å². The Labute approximate surface area is 151 Å². The lowest BCUT2D eigenvalue weighted by Crippen LogP contribution is -2.40. The van der Waals surface area contributed by atoms with Gasteiger partial charge < -0.3 is 10.2 Å². The van der Waals surface area contributed by atoms with Gasteiger partial charge in [0.1, 0.15) is 0 Å². The van der Waals surface area contributed by atoms with E-state index in [1.807, 2.05) is 44.2 Å². The number of amides is 2. The van der Waals surface area contributed by atoms with Crippen LogP contribution in [0.4, 0.5) is 18.0 Å². The van der Waals surface area contributed by atoms with Crippen molar-refractivity contribution in [3.63, 3.8) is 0 Å².